The van der Waals surface area contributed by atoms with Gasteiger partial charge in [0.05, 0.1) is 12.6 Å². The average molecular weight is 1280 g/mol. The summed E-state index contributed by atoms with van der Waals surface area (Å²) in [6, 6.07) is -13.2. The van der Waals surface area contributed by atoms with E-state index >= 15 is 9.59 Å². The van der Waals surface area contributed by atoms with Gasteiger partial charge in [-0.25, -0.2) is 4.79 Å². The zero-order valence-electron chi connectivity index (χ0n) is 58.8. The Balaban J connectivity index is 4.43. The number of nitrogens with one attached hydrogen (secondary N) is 5. The van der Waals surface area contributed by atoms with Gasteiger partial charge in [0.1, 0.15) is 66.0 Å². The van der Waals surface area contributed by atoms with E-state index in [0.29, 0.717) is 0 Å². The highest BCUT2D eigenvalue weighted by atomic mass is 16.6. The Kier molecular flexibility index (Phi) is 32.7. The zero-order valence-corrected chi connectivity index (χ0v) is 58.8. The molecule has 1 fully saturated rings. The highest BCUT2D eigenvalue weighted by molar-refractivity contribution is 5.99. The fourth-order valence-corrected chi connectivity index (χ4v) is 11.0. The van der Waals surface area contributed by atoms with E-state index in [1.54, 1.807) is 60.6 Å². The lowest BCUT2D eigenvalue weighted by atomic mass is 9.91. The van der Waals surface area contributed by atoms with Crippen molar-refractivity contribution in [3.05, 3.63) is 12.2 Å². The van der Waals surface area contributed by atoms with Gasteiger partial charge in [0.25, 0.3) is 0 Å². The number of hydrogen-bond donors (Lipinski definition) is 6. The quantitative estimate of drug-likeness (QED) is 0.121. The average Bonchev–Trinajstić information content (AvgIpc) is 1.61. The van der Waals surface area contributed by atoms with Crippen LogP contribution in [-0.4, -0.2) is 246 Å². The first kappa shape index (κ1) is 81.2. The molecule has 0 spiro atoms. The van der Waals surface area contributed by atoms with Crippen LogP contribution in [0.1, 0.15) is 156 Å². The van der Waals surface area contributed by atoms with Crippen LogP contribution in [-0.2, 0) is 57.5 Å². The highest BCUT2D eigenvalue weighted by Gasteiger charge is 2.46. The topological polar surface area (TPSA) is 317 Å². The monoisotopic (exact) mass is 1270 g/mol. The number of allylic oxidation sites excluding steroid dienone is 2. The lowest BCUT2D eigenvalue weighted by Gasteiger charge is -2.41. The van der Waals surface area contributed by atoms with Crippen molar-refractivity contribution in [2.75, 3.05) is 62.9 Å². The lowest BCUT2D eigenvalue weighted by molar-refractivity contribution is -0.157. The molecule has 90 heavy (non-hydrogen) atoms. The maximum atomic E-state index is 15.2. The van der Waals surface area contributed by atoms with E-state index in [2.05, 4.69) is 26.6 Å². The number of hydrogen-bond acceptors (Lipinski definition) is 14. The Bertz CT molecular complexity index is 2520. The highest BCUT2D eigenvalue weighted by Crippen LogP contribution is 2.26. The number of rotatable bonds is 16. The first-order valence-corrected chi connectivity index (χ1v) is 31.7. The van der Waals surface area contributed by atoms with Crippen LogP contribution in [0.25, 0.3) is 0 Å². The number of nitrogens with zero attached hydrogens (tertiary/aromatic N) is 7. The third kappa shape index (κ3) is 22.8. The summed E-state index contributed by atoms with van der Waals surface area (Å²) in [5.74, 6) is -10.6. The first-order chi connectivity index (χ1) is 41.5. The molecule has 0 aromatic rings. The van der Waals surface area contributed by atoms with Gasteiger partial charge in [-0.05, 0) is 102 Å². The van der Waals surface area contributed by atoms with Crippen molar-refractivity contribution in [3.63, 3.8) is 0 Å². The summed E-state index contributed by atoms with van der Waals surface area (Å²) >= 11 is 0. The zero-order chi connectivity index (χ0) is 69.9. The molecule has 1 saturated heterocycles. The molecular formula is C64H114N12O14. The second-order valence-corrected chi connectivity index (χ2v) is 27.1. The number of likely N-dealkylation sites (N-methyl/N-ethyl adjacent to an activating group) is 7. The molecule has 0 bridgehead atoms. The summed E-state index contributed by atoms with van der Waals surface area (Å²) in [4.78, 5) is 182. The van der Waals surface area contributed by atoms with Gasteiger partial charge < -0.3 is 70.7 Å². The van der Waals surface area contributed by atoms with Gasteiger partial charge in [0.2, 0.25) is 65.0 Å². The summed E-state index contributed by atoms with van der Waals surface area (Å²) in [6.45, 7) is 28.1. The van der Waals surface area contributed by atoms with Gasteiger partial charge >= 0.3 is 6.09 Å². The number of ether oxygens (including phenoxy) is 1. The van der Waals surface area contributed by atoms with Crippen LogP contribution in [0.2, 0.25) is 0 Å². The van der Waals surface area contributed by atoms with E-state index in [1.807, 2.05) is 41.5 Å². The summed E-state index contributed by atoms with van der Waals surface area (Å²) < 4.78 is 5.61. The fourth-order valence-electron chi connectivity index (χ4n) is 11.0. The number of aliphatic hydroxyl groups excluding tert-OH is 1. The maximum absolute atomic E-state index is 15.2. The molecule has 1 rings (SSSR count). The Labute approximate surface area is 536 Å². The van der Waals surface area contributed by atoms with E-state index in [0.717, 1.165) is 14.7 Å². The molecule has 0 aromatic carbocycles. The maximum Gasteiger partial charge on any atom is 0.407 e. The first-order valence-electron chi connectivity index (χ1n) is 31.7. The molecule has 0 aromatic heterocycles. The van der Waals surface area contributed by atoms with Gasteiger partial charge in [-0.3, -0.25) is 52.7 Å². The molecule has 1 aliphatic rings. The van der Waals surface area contributed by atoms with Crippen molar-refractivity contribution in [2.24, 2.45) is 35.5 Å². The number of carbonyl (C=O) groups is 12. The summed E-state index contributed by atoms with van der Waals surface area (Å²) in [6.07, 6.45) is 1.45. The van der Waals surface area contributed by atoms with Crippen molar-refractivity contribution >= 4 is 71.1 Å². The molecule has 0 aliphatic carbocycles. The SMILES string of the molecule is C/C=C/CC(C)C(O)[C@H]1C(=O)N[C@@H](CC)C(=O)N(C)CC(=O)N(C)[C@@H](CC(C)(C)OC(=O)NC)C(=O)N[C@@H](C(C)C)C(=O)N(C)[C@@H](CC(C)C)C(=O)N[C@@H](C)C(=O)N[C@H](C)C(=O)N(C)[C@@H](CC(C)C)C(=O)N(C)[C@@H](CC(C)C)C(=O)N(C)[C@@H](C(C)C)C(=O)N1C. The summed E-state index contributed by atoms with van der Waals surface area (Å²) in [5, 5.41) is 25.3. The van der Waals surface area contributed by atoms with Crippen LogP contribution in [0.3, 0.4) is 0 Å². The Morgan fingerprint density at radius 2 is 1.02 bits per heavy atom. The van der Waals surface area contributed by atoms with E-state index in [9.17, 15) is 53.1 Å². The van der Waals surface area contributed by atoms with Gasteiger partial charge in [-0.15, -0.1) is 0 Å². The molecule has 12 amide bonds. The minimum Gasteiger partial charge on any atom is -0.443 e. The van der Waals surface area contributed by atoms with Gasteiger partial charge in [-0.2, -0.15) is 0 Å². The molecule has 0 saturated carbocycles. The van der Waals surface area contributed by atoms with Crippen molar-refractivity contribution in [1.82, 2.24) is 60.9 Å². The number of carbonyl (C=O) groups excluding carboxylic acids is 12. The lowest BCUT2D eigenvalue weighted by Crippen LogP contribution is -2.63. The van der Waals surface area contributed by atoms with Crippen LogP contribution < -0.4 is 26.6 Å². The van der Waals surface area contributed by atoms with Crippen molar-refractivity contribution in [1.29, 1.82) is 0 Å². The number of amides is 12. The Morgan fingerprint density at radius 1 is 0.567 bits per heavy atom. The molecule has 514 valence electrons. The summed E-state index contributed by atoms with van der Waals surface area (Å²) in [7, 11) is 11.0. The Morgan fingerprint density at radius 3 is 1.49 bits per heavy atom. The van der Waals surface area contributed by atoms with E-state index < -0.39 is 167 Å². The molecule has 1 heterocycles. The molecule has 0 radical (unpaired) electrons. The largest absolute Gasteiger partial charge is 0.443 e. The molecular weight excluding hydrogens is 1160 g/mol. The fraction of sp³-hybridized carbons (Fsp3) is 0.781. The normalized spacial score (nSPS) is 26.1. The van der Waals surface area contributed by atoms with Crippen molar-refractivity contribution < 1.29 is 67.4 Å². The van der Waals surface area contributed by atoms with Crippen molar-refractivity contribution in [3.8, 4) is 0 Å². The molecule has 1 aliphatic heterocycles. The van der Waals surface area contributed by atoms with Crippen LogP contribution in [0, 0.1) is 35.5 Å². The van der Waals surface area contributed by atoms with Gasteiger partial charge in [-0.1, -0.05) is 95.2 Å². The standard InChI is InChI=1S/C64H114N12O14/c1-26-28-29-40(13)52(78)51-56(82)68-43(27-2)58(84)70(19)34-48(77)71(20)47(33-64(16,17)90-63(89)65-18)55(81)69-49(38(9)10)61(87)72(21)44(30-35(3)4)54(80)66-41(14)53(79)67-42(15)57(83)73(22)45(31-36(5)6)59(85)74(23)46(32-37(7)8)60(86)75(24)50(39(11)12)62(88)76(51)25/h26,28,35-47,49-52,78H,27,29-34H2,1-25H3,(H,65,89)(H,66,80)(H,67,79)(H,68,82)(H,69,81)/b28-26+/t40?,41-,42+,43-,44-,45-,46-,47-,49-,50-,51-,52?/m0/s1. The second-order valence-electron chi connectivity index (χ2n) is 27.1. The van der Waals surface area contributed by atoms with Crippen LogP contribution in [0.4, 0.5) is 4.79 Å². The van der Waals surface area contributed by atoms with Crippen LogP contribution in [0.5, 0.6) is 0 Å². The smallest absolute Gasteiger partial charge is 0.407 e. The predicted octanol–water partition coefficient (Wildman–Crippen LogP) is 2.75. The third-order valence-electron chi connectivity index (χ3n) is 16.6. The summed E-state index contributed by atoms with van der Waals surface area (Å²) in [5.41, 5.74) is -1.44. The molecule has 26 heteroatoms. The van der Waals surface area contributed by atoms with Gasteiger partial charge in [0, 0.05) is 62.8 Å². The van der Waals surface area contributed by atoms with Crippen molar-refractivity contribution in [2.45, 2.75) is 228 Å². The van der Waals surface area contributed by atoms with Gasteiger partial charge in [0.15, 0.2) is 0 Å². The van der Waals surface area contributed by atoms with E-state index in [1.165, 1.54) is 104 Å². The van der Waals surface area contributed by atoms with Crippen LogP contribution in [0.15, 0.2) is 12.2 Å². The second kappa shape index (κ2) is 36.3. The molecule has 6 N–H and O–H groups in total. The third-order valence-corrected chi connectivity index (χ3v) is 16.6. The Hall–Kier alpha value is -6.86. The molecule has 12 atom stereocenters. The minimum absolute atomic E-state index is 0.0350. The van der Waals surface area contributed by atoms with E-state index in [4.69, 9.17) is 4.74 Å². The number of aliphatic hydroxyl groups is 1. The minimum atomic E-state index is -1.66. The number of alkyl carbamates (subject to hydrolysis) is 1. The molecule has 2 unspecified atom stereocenters. The van der Waals surface area contributed by atoms with Crippen LogP contribution >= 0.6 is 0 Å². The predicted molar refractivity (Wildman–Crippen MR) is 343 cm³/mol. The van der Waals surface area contributed by atoms with E-state index in [-0.39, 0.29) is 56.3 Å². The molecule has 26 nitrogen and oxygen atoms in total.